The second-order valence-corrected chi connectivity index (χ2v) is 6.40. The van der Waals surface area contributed by atoms with E-state index in [0.717, 1.165) is 12.1 Å². The van der Waals surface area contributed by atoms with Crippen molar-refractivity contribution in [3.63, 3.8) is 0 Å². The number of rotatable bonds is 0. The molecule has 0 spiro atoms. The zero-order valence-corrected chi connectivity index (χ0v) is 12.6. The van der Waals surface area contributed by atoms with Crippen molar-refractivity contribution in [1.29, 1.82) is 0 Å². The van der Waals surface area contributed by atoms with E-state index >= 15 is 0 Å². The lowest BCUT2D eigenvalue weighted by atomic mass is 9.85. The van der Waals surface area contributed by atoms with Crippen LogP contribution in [0.25, 0.3) is 10.9 Å². The highest BCUT2D eigenvalue weighted by atomic mass is 19.4. The van der Waals surface area contributed by atoms with Gasteiger partial charge in [0.25, 0.3) is 0 Å². The van der Waals surface area contributed by atoms with E-state index in [1.165, 1.54) is 0 Å². The summed E-state index contributed by atoms with van der Waals surface area (Å²) in [5.74, 6) is 0. The average molecular weight is 310 g/mol. The van der Waals surface area contributed by atoms with E-state index in [4.69, 9.17) is 0 Å². The van der Waals surface area contributed by atoms with Gasteiger partial charge in [0.2, 0.25) is 5.56 Å². The topological polar surface area (TPSA) is 36.1 Å². The van der Waals surface area contributed by atoms with Gasteiger partial charge in [-0.15, -0.1) is 0 Å². The Morgan fingerprint density at radius 3 is 2.59 bits per heavy atom. The van der Waals surface area contributed by atoms with Gasteiger partial charge in [-0.05, 0) is 44.4 Å². The van der Waals surface area contributed by atoms with Crippen LogP contribution >= 0.6 is 0 Å². The highest BCUT2D eigenvalue weighted by Gasteiger charge is 2.37. The van der Waals surface area contributed by atoms with Crippen molar-refractivity contribution in [2.24, 2.45) is 0 Å². The molecule has 1 aliphatic heterocycles. The SMILES string of the molecule is CN1c2ccc3[nH]c(=O)cc(C(F)(F)F)c3c2CCC1(C)C. The molecule has 0 radical (unpaired) electrons. The average Bonchev–Trinajstić information content (AvgIpc) is 2.40. The number of alkyl halides is 3. The summed E-state index contributed by atoms with van der Waals surface area (Å²) in [6.07, 6.45) is -3.24. The molecule has 0 aliphatic carbocycles. The molecule has 0 saturated heterocycles. The van der Waals surface area contributed by atoms with Gasteiger partial charge >= 0.3 is 6.18 Å². The Balaban J connectivity index is 2.39. The quantitative estimate of drug-likeness (QED) is 0.805. The van der Waals surface area contributed by atoms with Crippen molar-refractivity contribution in [3.8, 4) is 0 Å². The lowest BCUT2D eigenvalue weighted by molar-refractivity contribution is -0.136. The van der Waals surface area contributed by atoms with Crippen LogP contribution in [0, 0.1) is 0 Å². The van der Waals surface area contributed by atoms with Crippen LogP contribution in [-0.4, -0.2) is 17.6 Å². The third-order valence-electron chi connectivity index (χ3n) is 4.65. The van der Waals surface area contributed by atoms with Gasteiger partial charge in [0.15, 0.2) is 0 Å². The second kappa shape index (κ2) is 4.51. The first-order valence-electron chi connectivity index (χ1n) is 7.11. The monoisotopic (exact) mass is 310 g/mol. The molecule has 3 rings (SSSR count). The molecular formula is C16H17F3N2O. The summed E-state index contributed by atoms with van der Waals surface area (Å²) in [6.45, 7) is 4.13. The van der Waals surface area contributed by atoms with Crippen molar-refractivity contribution in [2.75, 3.05) is 11.9 Å². The van der Waals surface area contributed by atoms with E-state index in [1.807, 2.05) is 11.9 Å². The third kappa shape index (κ3) is 2.17. The molecule has 0 atom stereocenters. The Labute approximate surface area is 125 Å². The molecule has 0 amide bonds. The summed E-state index contributed by atoms with van der Waals surface area (Å²) < 4.78 is 40.1. The van der Waals surface area contributed by atoms with E-state index in [9.17, 15) is 18.0 Å². The minimum atomic E-state index is -4.55. The number of benzene rings is 1. The van der Waals surface area contributed by atoms with Gasteiger partial charge < -0.3 is 9.88 Å². The van der Waals surface area contributed by atoms with Gasteiger partial charge in [-0.25, -0.2) is 0 Å². The number of aromatic amines is 1. The number of halogens is 3. The predicted octanol–water partition coefficient (Wildman–Crippen LogP) is 3.71. The number of pyridine rings is 1. The maximum absolute atomic E-state index is 13.4. The fraction of sp³-hybridized carbons (Fsp3) is 0.438. The number of nitrogens with zero attached hydrogens (tertiary/aromatic N) is 1. The fourth-order valence-electron chi connectivity index (χ4n) is 3.14. The van der Waals surface area contributed by atoms with Crippen molar-refractivity contribution in [2.45, 2.75) is 38.4 Å². The number of aromatic nitrogens is 1. The van der Waals surface area contributed by atoms with E-state index in [1.54, 1.807) is 12.1 Å². The van der Waals surface area contributed by atoms with E-state index in [-0.39, 0.29) is 16.4 Å². The summed E-state index contributed by atoms with van der Waals surface area (Å²) in [4.78, 5) is 16.0. The van der Waals surface area contributed by atoms with Crippen LogP contribution in [0.3, 0.4) is 0 Å². The van der Waals surface area contributed by atoms with Crippen LogP contribution in [0.4, 0.5) is 18.9 Å². The van der Waals surface area contributed by atoms with Crippen LogP contribution in [0.1, 0.15) is 31.4 Å². The summed E-state index contributed by atoms with van der Waals surface area (Å²) in [5, 5.41) is 0.118. The minimum absolute atomic E-state index is 0.110. The molecule has 0 fully saturated rings. The number of aryl methyl sites for hydroxylation is 1. The Morgan fingerprint density at radius 1 is 1.27 bits per heavy atom. The van der Waals surface area contributed by atoms with Crippen LogP contribution < -0.4 is 10.5 Å². The van der Waals surface area contributed by atoms with Crippen LogP contribution in [0.5, 0.6) is 0 Å². The number of H-pyrrole nitrogens is 1. The van der Waals surface area contributed by atoms with Crippen LogP contribution in [-0.2, 0) is 12.6 Å². The van der Waals surface area contributed by atoms with E-state index in [2.05, 4.69) is 18.8 Å². The van der Waals surface area contributed by atoms with Crippen molar-refractivity contribution in [1.82, 2.24) is 4.98 Å². The predicted molar refractivity (Wildman–Crippen MR) is 80.4 cm³/mol. The molecule has 0 saturated carbocycles. The highest BCUT2D eigenvalue weighted by molar-refractivity contribution is 5.91. The molecule has 1 aliphatic rings. The minimum Gasteiger partial charge on any atom is -0.369 e. The Bertz CT molecular complexity index is 805. The Morgan fingerprint density at radius 2 is 1.95 bits per heavy atom. The van der Waals surface area contributed by atoms with Gasteiger partial charge in [-0.2, -0.15) is 13.2 Å². The Hall–Kier alpha value is -1.98. The normalized spacial score (nSPS) is 17.6. The molecule has 22 heavy (non-hydrogen) atoms. The fourth-order valence-corrected chi connectivity index (χ4v) is 3.14. The number of nitrogens with one attached hydrogen (secondary N) is 1. The molecule has 1 aromatic carbocycles. The molecule has 0 bridgehead atoms. The lowest BCUT2D eigenvalue weighted by Gasteiger charge is -2.43. The molecule has 3 nitrogen and oxygen atoms in total. The molecule has 0 unspecified atom stereocenters. The van der Waals surface area contributed by atoms with E-state index < -0.39 is 17.3 Å². The molecular weight excluding hydrogens is 293 g/mol. The summed E-state index contributed by atoms with van der Waals surface area (Å²) in [5.41, 5.74) is -0.00212. The van der Waals surface area contributed by atoms with Gasteiger partial charge in [0.05, 0.1) is 5.56 Å². The summed E-state index contributed by atoms with van der Waals surface area (Å²) in [7, 11) is 1.89. The number of fused-ring (bicyclic) bond motifs is 3. The summed E-state index contributed by atoms with van der Waals surface area (Å²) in [6, 6.07) is 4.00. The molecule has 2 aromatic rings. The lowest BCUT2D eigenvalue weighted by Crippen LogP contribution is -2.44. The van der Waals surface area contributed by atoms with Gasteiger partial charge in [-0.3, -0.25) is 4.79 Å². The number of hydrogen-bond donors (Lipinski definition) is 1. The zero-order chi connectivity index (χ0) is 16.3. The van der Waals surface area contributed by atoms with Gasteiger partial charge in [-0.1, -0.05) is 0 Å². The maximum atomic E-state index is 13.4. The smallest absolute Gasteiger partial charge is 0.369 e. The first-order chi connectivity index (χ1) is 10.1. The molecule has 118 valence electrons. The highest BCUT2D eigenvalue weighted by Crippen LogP contribution is 2.42. The second-order valence-electron chi connectivity index (χ2n) is 6.40. The molecule has 1 aromatic heterocycles. The van der Waals surface area contributed by atoms with Crippen molar-refractivity contribution >= 4 is 16.6 Å². The molecule has 2 heterocycles. The summed E-state index contributed by atoms with van der Waals surface area (Å²) >= 11 is 0. The third-order valence-corrected chi connectivity index (χ3v) is 4.65. The standard InChI is InChI=1S/C16H17F3N2O/c1-15(2)7-6-9-12(21(15)3)5-4-11-14(9)10(16(17,18)19)8-13(22)20-11/h4-5,8H,6-7H2,1-3H3,(H,20,22). The number of anilines is 1. The van der Waals surface area contributed by atoms with Crippen molar-refractivity contribution < 1.29 is 13.2 Å². The maximum Gasteiger partial charge on any atom is 0.417 e. The van der Waals surface area contributed by atoms with Gasteiger partial charge in [0.1, 0.15) is 0 Å². The first-order valence-corrected chi connectivity index (χ1v) is 7.11. The zero-order valence-electron chi connectivity index (χ0n) is 12.6. The molecule has 1 N–H and O–H groups in total. The van der Waals surface area contributed by atoms with E-state index in [0.29, 0.717) is 18.1 Å². The van der Waals surface area contributed by atoms with Gasteiger partial charge in [0, 0.05) is 35.2 Å². The van der Waals surface area contributed by atoms with Crippen LogP contribution in [0.2, 0.25) is 0 Å². The Kier molecular flexibility index (Phi) is 3.06. The largest absolute Gasteiger partial charge is 0.417 e. The number of hydrogen-bond acceptors (Lipinski definition) is 2. The molecule has 6 heteroatoms. The van der Waals surface area contributed by atoms with Crippen molar-refractivity contribution in [3.05, 3.63) is 39.7 Å². The van der Waals surface area contributed by atoms with Crippen LogP contribution in [0.15, 0.2) is 23.0 Å². The first kappa shape index (κ1) is 14.9.